The summed E-state index contributed by atoms with van der Waals surface area (Å²) in [6.45, 7) is 27.1. The maximum Gasteiger partial charge on any atom is 0.240 e. The van der Waals surface area contributed by atoms with Crippen molar-refractivity contribution in [3.05, 3.63) is 42.4 Å². The summed E-state index contributed by atoms with van der Waals surface area (Å²) in [5.41, 5.74) is 5.31. The van der Waals surface area contributed by atoms with Crippen LogP contribution in [0.1, 0.15) is 74.6 Å². The van der Waals surface area contributed by atoms with Crippen LogP contribution < -0.4 is 15.7 Å². The second kappa shape index (κ2) is 16.3. The monoisotopic (exact) mass is 522 g/mol. The molecule has 3 aliphatic heterocycles. The Morgan fingerprint density at radius 2 is 1.17 bits per heavy atom. The van der Waals surface area contributed by atoms with Crippen molar-refractivity contribution in [2.45, 2.75) is 68.7 Å². The minimum Gasteiger partial charge on any atom is -0.361 e. The lowest BCUT2D eigenvalue weighted by Gasteiger charge is -2.01. The molecule has 3 aliphatic rings. The molecule has 1 aromatic heterocycles. The van der Waals surface area contributed by atoms with Crippen LogP contribution in [0, 0.1) is 17.8 Å². The number of amidine groups is 3. The standard InChI is InChI=1S/2C6H10N2O.C6H10N2S.C4H8N4.CH4/c3*1-4(2)6-7-5(3)9-8-6;1-3(2)4-5-7-8-6-4;/h3*4H,3H2,1-2H3,(H,7,8);3H,1-2H3,(H,5,6,7,8);1H4. The minimum absolute atomic E-state index is 0. The van der Waals surface area contributed by atoms with Crippen LogP contribution in [0.25, 0.3) is 0 Å². The molecule has 4 rings (SSSR count). The minimum atomic E-state index is 0. The first kappa shape index (κ1) is 32.7. The molecule has 4 heterocycles. The van der Waals surface area contributed by atoms with Gasteiger partial charge in [-0.1, -0.05) is 74.6 Å². The van der Waals surface area contributed by atoms with Gasteiger partial charge in [0.15, 0.2) is 5.82 Å². The number of H-pyrrole nitrogens is 1. The number of aromatic amines is 1. The highest BCUT2D eigenvalue weighted by Gasteiger charge is 2.13. The molecule has 0 saturated carbocycles. The van der Waals surface area contributed by atoms with Gasteiger partial charge < -0.3 is 14.4 Å². The summed E-state index contributed by atoms with van der Waals surface area (Å²) >= 11 is 1.49. The molecule has 0 aliphatic carbocycles. The van der Waals surface area contributed by atoms with Gasteiger partial charge >= 0.3 is 0 Å². The summed E-state index contributed by atoms with van der Waals surface area (Å²) in [5, 5.41) is 14.2. The molecule has 0 radical (unpaired) electrons. The van der Waals surface area contributed by atoms with Gasteiger partial charge in [-0.2, -0.15) is 15.2 Å². The molecule has 0 unspecified atom stereocenters. The molecule has 0 aromatic carbocycles. The normalized spacial score (nSPS) is 15.4. The number of hydrogen-bond acceptors (Lipinski definition) is 12. The largest absolute Gasteiger partial charge is 0.361 e. The van der Waals surface area contributed by atoms with Crippen LogP contribution in [-0.4, -0.2) is 38.1 Å². The molecule has 36 heavy (non-hydrogen) atoms. The maximum absolute atomic E-state index is 4.78. The van der Waals surface area contributed by atoms with Crippen molar-refractivity contribution in [3.63, 3.8) is 0 Å². The van der Waals surface area contributed by atoms with E-state index in [2.05, 4.69) is 84.9 Å². The highest BCUT2D eigenvalue weighted by Crippen LogP contribution is 2.19. The lowest BCUT2D eigenvalue weighted by molar-refractivity contribution is 0.176. The first-order valence-electron chi connectivity index (χ1n) is 11.2. The number of hydroxylamine groups is 2. The Morgan fingerprint density at radius 3 is 1.33 bits per heavy atom. The highest BCUT2D eigenvalue weighted by molar-refractivity contribution is 8.02. The average Bonchev–Trinajstić information content (AvgIpc) is 3.57. The van der Waals surface area contributed by atoms with E-state index in [0.29, 0.717) is 35.4 Å². The Bertz CT molecular complexity index is 844. The zero-order valence-electron chi connectivity index (χ0n) is 21.8. The van der Waals surface area contributed by atoms with Crippen LogP contribution in [0.2, 0.25) is 0 Å². The molecule has 13 heteroatoms. The van der Waals surface area contributed by atoms with E-state index < -0.39 is 0 Å². The molecule has 202 valence electrons. The molecule has 0 saturated heterocycles. The van der Waals surface area contributed by atoms with E-state index >= 15 is 0 Å². The van der Waals surface area contributed by atoms with Crippen LogP contribution in [-0.2, 0) is 9.68 Å². The van der Waals surface area contributed by atoms with Gasteiger partial charge in [0, 0.05) is 35.6 Å². The SMILES string of the molecule is C.C=C1N=C(C(C)C)NO1.C=C1N=C(C(C)C)NO1.C=C1N=C(C(C)C)NS1.CC(C)c1nn[nH]n1. The van der Waals surface area contributed by atoms with Gasteiger partial charge in [0.1, 0.15) is 22.5 Å². The molecular formula is C23H42N10O2S. The van der Waals surface area contributed by atoms with Gasteiger partial charge in [0.05, 0.1) is 0 Å². The lowest BCUT2D eigenvalue weighted by Crippen LogP contribution is -2.21. The van der Waals surface area contributed by atoms with E-state index in [1.165, 1.54) is 11.9 Å². The molecule has 4 N–H and O–H groups in total. The third-order valence-electron chi connectivity index (χ3n) is 4.07. The first-order valence-corrected chi connectivity index (χ1v) is 12.1. The van der Waals surface area contributed by atoms with E-state index in [-0.39, 0.29) is 7.43 Å². The van der Waals surface area contributed by atoms with Crippen molar-refractivity contribution in [2.75, 3.05) is 0 Å². The summed E-state index contributed by atoms with van der Waals surface area (Å²) in [6.07, 6.45) is 0. The number of rotatable bonds is 4. The molecule has 0 amide bonds. The van der Waals surface area contributed by atoms with Gasteiger partial charge in [0.2, 0.25) is 11.8 Å². The lowest BCUT2D eigenvalue weighted by atomic mass is 10.2. The molecular weight excluding hydrogens is 480 g/mol. The van der Waals surface area contributed by atoms with Crippen LogP contribution in [0.5, 0.6) is 0 Å². The van der Waals surface area contributed by atoms with E-state index in [1.54, 1.807) is 0 Å². The van der Waals surface area contributed by atoms with Gasteiger partial charge in [0.25, 0.3) is 0 Å². The van der Waals surface area contributed by atoms with E-state index in [9.17, 15) is 0 Å². The third kappa shape index (κ3) is 12.4. The van der Waals surface area contributed by atoms with Gasteiger partial charge in [-0.05, 0) is 13.2 Å². The predicted molar refractivity (Wildman–Crippen MR) is 148 cm³/mol. The number of hydrogen-bond donors (Lipinski definition) is 4. The predicted octanol–water partition coefficient (Wildman–Crippen LogP) is 4.82. The number of tetrazole rings is 1. The fraction of sp³-hybridized carbons (Fsp3) is 0.565. The van der Waals surface area contributed by atoms with Crippen molar-refractivity contribution in [1.82, 2.24) is 36.3 Å². The van der Waals surface area contributed by atoms with Crippen molar-refractivity contribution < 1.29 is 9.68 Å². The smallest absolute Gasteiger partial charge is 0.240 e. The second-order valence-corrected chi connectivity index (χ2v) is 9.55. The number of aliphatic imine (C=N–C) groups is 3. The summed E-state index contributed by atoms with van der Waals surface area (Å²) < 4.78 is 3.07. The van der Waals surface area contributed by atoms with Crippen molar-refractivity contribution in [2.24, 2.45) is 32.7 Å². The number of aromatic nitrogens is 4. The average molecular weight is 523 g/mol. The number of nitrogens with one attached hydrogen (secondary N) is 4. The van der Waals surface area contributed by atoms with Crippen LogP contribution in [0.3, 0.4) is 0 Å². The Hall–Kier alpha value is -3.35. The van der Waals surface area contributed by atoms with E-state index in [1.807, 2.05) is 41.5 Å². The highest BCUT2D eigenvalue weighted by atomic mass is 32.2. The third-order valence-corrected chi connectivity index (χ3v) is 4.71. The molecule has 0 bridgehead atoms. The maximum atomic E-state index is 4.78. The van der Waals surface area contributed by atoms with E-state index in [4.69, 9.17) is 9.68 Å². The van der Waals surface area contributed by atoms with Crippen LogP contribution in [0.15, 0.2) is 51.5 Å². The summed E-state index contributed by atoms with van der Waals surface area (Å²) in [4.78, 5) is 21.7. The Labute approximate surface area is 219 Å². The molecule has 0 fully saturated rings. The fourth-order valence-corrected chi connectivity index (χ4v) is 2.68. The van der Waals surface area contributed by atoms with Gasteiger partial charge in [-0.15, -0.1) is 10.2 Å². The van der Waals surface area contributed by atoms with Gasteiger partial charge in [-0.3, -0.25) is 0 Å². The van der Waals surface area contributed by atoms with Crippen molar-refractivity contribution in [3.8, 4) is 0 Å². The molecule has 0 spiro atoms. The van der Waals surface area contributed by atoms with E-state index in [0.717, 1.165) is 28.4 Å². The second-order valence-electron chi connectivity index (χ2n) is 8.67. The summed E-state index contributed by atoms with van der Waals surface area (Å²) in [5.74, 6) is 5.99. The zero-order valence-corrected chi connectivity index (χ0v) is 22.7. The quantitative estimate of drug-likeness (QED) is 0.409. The summed E-state index contributed by atoms with van der Waals surface area (Å²) in [6, 6.07) is 0. The van der Waals surface area contributed by atoms with Crippen molar-refractivity contribution in [1.29, 1.82) is 0 Å². The Morgan fingerprint density at radius 1 is 0.694 bits per heavy atom. The Kier molecular flexibility index (Phi) is 14.8. The summed E-state index contributed by atoms with van der Waals surface area (Å²) in [7, 11) is 0. The topological polar surface area (TPSA) is 146 Å². The first-order chi connectivity index (χ1) is 16.4. The van der Waals surface area contributed by atoms with Gasteiger partial charge in [-0.25, -0.2) is 16.0 Å². The fourth-order valence-electron chi connectivity index (χ4n) is 2.03. The molecule has 0 atom stereocenters. The number of nitrogens with zero attached hydrogens (tertiary/aromatic N) is 6. The van der Waals surface area contributed by atoms with Crippen molar-refractivity contribution >= 4 is 29.5 Å². The molecule has 12 nitrogen and oxygen atoms in total. The molecule has 1 aromatic rings. The Balaban J connectivity index is 0.000000450. The van der Waals surface area contributed by atoms with Crippen LogP contribution in [0.4, 0.5) is 0 Å². The van der Waals surface area contributed by atoms with Crippen LogP contribution >= 0.6 is 11.9 Å². The zero-order chi connectivity index (χ0) is 26.5.